The van der Waals surface area contributed by atoms with Crippen LogP contribution in [0.15, 0.2) is 84.9 Å². The molecule has 4 heteroatoms. The zero-order chi connectivity index (χ0) is 23.6. The first kappa shape index (κ1) is 24.2. The van der Waals surface area contributed by atoms with E-state index in [4.69, 9.17) is 0 Å². The maximum atomic E-state index is 13.6. The van der Waals surface area contributed by atoms with E-state index in [2.05, 4.69) is 11.4 Å². The summed E-state index contributed by atoms with van der Waals surface area (Å²) >= 11 is 0. The average Bonchev–Trinajstić information content (AvgIpc) is 2.82. The van der Waals surface area contributed by atoms with Crippen molar-refractivity contribution < 1.29 is 9.59 Å². The van der Waals surface area contributed by atoms with Gasteiger partial charge in [0.1, 0.15) is 6.04 Å². The Kier molecular flexibility index (Phi) is 8.82. The van der Waals surface area contributed by atoms with Gasteiger partial charge in [0.2, 0.25) is 11.8 Å². The summed E-state index contributed by atoms with van der Waals surface area (Å²) in [6, 6.07) is 27.2. The Morgan fingerprint density at radius 3 is 2.06 bits per heavy atom. The van der Waals surface area contributed by atoms with Crippen molar-refractivity contribution in [2.24, 2.45) is 0 Å². The molecule has 0 saturated carbocycles. The van der Waals surface area contributed by atoms with E-state index in [0.29, 0.717) is 13.0 Å². The van der Waals surface area contributed by atoms with Crippen LogP contribution in [0, 0.1) is 6.92 Å². The fourth-order valence-corrected chi connectivity index (χ4v) is 3.87. The third-order valence-corrected chi connectivity index (χ3v) is 5.91. The van der Waals surface area contributed by atoms with Crippen LogP contribution in [0.25, 0.3) is 0 Å². The van der Waals surface area contributed by atoms with E-state index in [-0.39, 0.29) is 24.3 Å². The van der Waals surface area contributed by atoms with Crippen LogP contribution < -0.4 is 5.32 Å². The Morgan fingerprint density at radius 2 is 1.45 bits per heavy atom. The van der Waals surface area contributed by atoms with Gasteiger partial charge in [-0.15, -0.1) is 0 Å². The topological polar surface area (TPSA) is 49.4 Å². The average molecular weight is 443 g/mol. The predicted octanol–water partition coefficient (Wildman–Crippen LogP) is 5.09. The first-order chi connectivity index (χ1) is 16.0. The molecule has 0 aromatic heterocycles. The van der Waals surface area contributed by atoms with Gasteiger partial charge in [0.15, 0.2) is 0 Å². The minimum atomic E-state index is -0.599. The summed E-state index contributed by atoms with van der Waals surface area (Å²) in [4.78, 5) is 28.9. The minimum Gasteiger partial charge on any atom is -0.352 e. The maximum Gasteiger partial charge on any atom is 0.243 e. The van der Waals surface area contributed by atoms with Crippen molar-refractivity contribution in [3.05, 3.63) is 107 Å². The SMILES string of the molecule is CC[C@@H](C)NC(=O)[C@@H](Cc1ccccc1)N(Cc1cccc(C)c1)C(=O)Cc1ccccc1. The first-order valence-electron chi connectivity index (χ1n) is 11.7. The molecule has 2 atom stereocenters. The molecule has 4 nitrogen and oxygen atoms in total. The quantitative estimate of drug-likeness (QED) is 0.475. The molecule has 0 aliphatic carbocycles. The molecule has 172 valence electrons. The number of rotatable bonds is 10. The van der Waals surface area contributed by atoms with Crippen LogP contribution in [0.1, 0.15) is 42.5 Å². The second kappa shape index (κ2) is 12.0. The summed E-state index contributed by atoms with van der Waals surface area (Å²) in [6.45, 7) is 6.46. The Labute approximate surface area is 197 Å². The highest BCUT2D eigenvalue weighted by molar-refractivity contribution is 5.89. The zero-order valence-electron chi connectivity index (χ0n) is 19.8. The summed E-state index contributed by atoms with van der Waals surface area (Å²) in [7, 11) is 0. The molecule has 3 aromatic carbocycles. The van der Waals surface area contributed by atoms with Crippen LogP contribution >= 0.6 is 0 Å². The molecule has 3 aromatic rings. The van der Waals surface area contributed by atoms with Crippen molar-refractivity contribution in [1.29, 1.82) is 0 Å². The highest BCUT2D eigenvalue weighted by atomic mass is 16.2. The van der Waals surface area contributed by atoms with Gasteiger partial charge in [-0.2, -0.15) is 0 Å². The normalized spacial score (nSPS) is 12.6. The summed E-state index contributed by atoms with van der Waals surface area (Å²) < 4.78 is 0. The number of nitrogens with zero attached hydrogens (tertiary/aromatic N) is 1. The van der Waals surface area contributed by atoms with Crippen molar-refractivity contribution in [2.75, 3.05) is 0 Å². The molecular weight excluding hydrogens is 408 g/mol. The molecule has 0 heterocycles. The third-order valence-electron chi connectivity index (χ3n) is 5.91. The number of aryl methyl sites for hydroxylation is 1. The maximum absolute atomic E-state index is 13.6. The first-order valence-corrected chi connectivity index (χ1v) is 11.7. The van der Waals surface area contributed by atoms with E-state index in [1.807, 2.05) is 99.6 Å². The predicted molar refractivity (Wildman–Crippen MR) is 134 cm³/mol. The molecule has 0 aliphatic heterocycles. The zero-order valence-corrected chi connectivity index (χ0v) is 19.8. The minimum absolute atomic E-state index is 0.0424. The molecule has 0 saturated heterocycles. The summed E-state index contributed by atoms with van der Waals surface area (Å²) in [5.41, 5.74) is 4.12. The van der Waals surface area contributed by atoms with Crippen molar-refractivity contribution in [1.82, 2.24) is 10.2 Å². The van der Waals surface area contributed by atoms with E-state index in [1.165, 1.54) is 0 Å². The Balaban J connectivity index is 1.96. The molecule has 0 radical (unpaired) electrons. The third kappa shape index (κ3) is 7.31. The van der Waals surface area contributed by atoms with Crippen molar-refractivity contribution in [3.63, 3.8) is 0 Å². The number of hydrogen-bond donors (Lipinski definition) is 1. The van der Waals surface area contributed by atoms with Crippen LogP contribution in [-0.2, 0) is 29.0 Å². The van der Waals surface area contributed by atoms with Gasteiger partial charge < -0.3 is 10.2 Å². The van der Waals surface area contributed by atoms with Gasteiger partial charge in [0, 0.05) is 19.0 Å². The fourth-order valence-electron chi connectivity index (χ4n) is 3.87. The van der Waals surface area contributed by atoms with E-state index < -0.39 is 6.04 Å². The fraction of sp³-hybridized carbons (Fsp3) is 0.310. The van der Waals surface area contributed by atoms with E-state index >= 15 is 0 Å². The molecule has 2 amide bonds. The number of carbonyl (C=O) groups is 2. The van der Waals surface area contributed by atoms with Crippen LogP contribution in [0.4, 0.5) is 0 Å². The molecule has 0 bridgehead atoms. The monoisotopic (exact) mass is 442 g/mol. The number of hydrogen-bond acceptors (Lipinski definition) is 2. The van der Waals surface area contributed by atoms with Gasteiger partial charge in [0.25, 0.3) is 0 Å². The number of nitrogens with one attached hydrogen (secondary N) is 1. The largest absolute Gasteiger partial charge is 0.352 e. The molecular formula is C29H34N2O2. The summed E-state index contributed by atoms with van der Waals surface area (Å²) in [5, 5.41) is 3.11. The van der Waals surface area contributed by atoms with Gasteiger partial charge in [-0.3, -0.25) is 9.59 Å². The van der Waals surface area contributed by atoms with Gasteiger partial charge in [-0.1, -0.05) is 97.4 Å². The van der Waals surface area contributed by atoms with Crippen molar-refractivity contribution in [3.8, 4) is 0 Å². The molecule has 0 spiro atoms. The highest BCUT2D eigenvalue weighted by Gasteiger charge is 2.31. The Bertz CT molecular complexity index is 1030. The van der Waals surface area contributed by atoms with Crippen molar-refractivity contribution >= 4 is 11.8 Å². The lowest BCUT2D eigenvalue weighted by atomic mass is 10.0. The Hall–Kier alpha value is -3.40. The second-order valence-electron chi connectivity index (χ2n) is 8.70. The van der Waals surface area contributed by atoms with E-state index in [0.717, 1.165) is 28.7 Å². The van der Waals surface area contributed by atoms with Crippen LogP contribution in [-0.4, -0.2) is 28.8 Å². The Morgan fingerprint density at radius 1 is 0.848 bits per heavy atom. The number of amides is 2. The molecule has 1 N–H and O–H groups in total. The van der Waals surface area contributed by atoms with E-state index in [1.54, 1.807) is 4.90 Å². The van der Waals surface area contributed by atoms with E-state index in [9.17, 15) is 9.59 Å². The molecule has 0 unspecified atom stereocenters. The van der Waals surface area contributed by atoms with Gasteiger partial charge in [-0.25, -0.2) is 0 Å². The standard InChI is InChI=1S/C29H34N2O2/c1-4-23(3)30-29(33)27(19-24-13-7-5-8-14-24)31(21-26-17-11-12-22(2)18-26)28(32)20-25-15-9-6-10-16-25/h5-18,23,27H,4,19-21H2,1-3H3,(H,30,33)/t23-,27-/m1/s1. The lowest BCUT2D eigenvalue weighted by Gasteiger charge is -2.32. The second-order valence-corrected chi connectivity index (χ2v) is 8.70. The molecule has 0 fully saturated rings. The van der Waals surface area contributed by atoms with Crippen LogP contribution in [0.2, 0.25) is 0 Å². The molecule has 3 rings (SSSR count). The van der Waals surface area contributed by atoms with Gasteiger partial charge >= 0.3 is 0 Å². The lowest BCUT2D eigenvalue weighted by Crippen LogP contribution is -2.52. The van der Waals surface area contributed by atoms with Crippen LogP contribution in [0.3, 0.4) is 0 Å². The molecule has 0 aliphatic rings. The summed E-state index contributed by atoms with van der Waals surface area (Å²) in [6.07, 6.45) is 1.56. The van der Waals surface area contributed by atoms with Crippen LogP contribution in [0.5, 0.6) is 0 Å². The molecule has 33 heavy (non-hydrogen) atoms. The summed E-state index contributed by atoms with van der Waals surface area (Å²) in [5.74, 6) is -0.162. The number of benzene rings is 3. The van der Waals surface area contributed by atoms with Gasteiger partial charge in [-0.05, 0) is 37.0 Å². The lowest BCUT2D eigenvalue weighted by molar-refractivity contribution is -0.141. The van der Waals surface area contributed by atoms with Crippen molar-refractivity contribution in [2.45, 2.75) is 58.7 Å². The number of carbonyl (C=O) groups excluding carboxylic acids is 2. The highest BCUT2D eigenvalue weighted by Crippen LogP contribution is 2.17. The smallest absolute Gasteiger partial charge is 0.243 e. The van der Waals surface area contributed by atoms with Gasteiger partial charge in [0.05, 0.1) is 6.42 Å².